The number of carboxylic acids is 1. The molecule has 0 radical (unpaired) electrons. The largest absolute Gasteiger partial charge is 0.480 e. The second-order valence-corrected chi connectivity index (χ2v) is 7.49. The molecule has 1 amide bonds. The van der Waals surface area contributed by atoms with Crippen LogP contribution in [0.3, 0.4) is 0 Å². The summed E-state index contributed by atoms with van der Waals surface area (Å²) < 4.78 is 0. The molecule has 1 saturated heterocycles. The first-order chi connectivity index (χ1) is 9.30. The van der Waals surface area contributed by atoms with Crippen molar-refractivity contribution in [2.75, 3.05) is 6.54 Å². The van der Waals surface area contributed by atoms with E-state index in [1.807, 2.05) is 0 Å². The van der Waals surface area contributed by atoms with Gasteiger partial charge < -0.3 is 10.0 Å². The Bertz CT molecular complexity index is 391. The van der Waals surface area contributed by atoms with Crippen LogP contribution in [0.1, 0.15) is 59.3 Å². The molecule has 114 valence electrons. The number of likely N-dealkylation sites (tertiary alicyclic amines) is 1. The van der Waals surface area contributed by atoms with Crippen LogP contribution < -0.4 is 0 Å². The predicted molar refractivity (Wildman–Crippen MR) is 77.3 cm³/mol. The fourth-order valence-corrected chi connectivity index (χ4v) is 4.22. The molecule has 1 N–H and O–H groups in total. The Hall–Kier alpha value is -1.06. The molecule has 1 aliphatic heterocycles. The van der Waals surface area contributed by atoms with Crippen molar-refractivity contribution in [1.82, 2.24) is 4.90 Å². The zero-order chi connectivity index (χ0) is 14.9. The van der Waals surface area contributed by atoms with Crippen molar-refractivity contribution in [1.29, 1.82) is 0 Å². The molecule has 2 aliphatic rings. The van der Waals surface area contributed by atoms with Crippen molar-refractivity contribution < 1.29 is 14.7 Å². The Morgan fingerprint density at radius 2 is 1.90 bits per heavy atom. The van der Waals surface area contributed by atoms with Gasteiger partial charge in [-0.2, -0.15) is 0 Å². The summed E-state index contributed by atoms with van der Waals surface area (Å²) in [7, 11) is 0. The SMILES string of the molecule is CC1CC(C(=O)N2CCCC[C@@H]2C(=O)O)CC(C)(C)C1. The van der Waals surface area contributed by atoms with Gasteiger partial charge in [-0.15, -0.1) is 0 Å². The molecule has 2 rings (SSSR count). The monoisotopic (exact) mass is 281 g/mol. The van der Waals surface area contributed by atoms with E-state index in [2.05, 4.69) is 20.8 Å². The first-order valence-corrected chi connectivity index (χ1v) is 7.83. The van der Waals surface area contributed by atoms with Crippen molar-refractivity contribution >= 4 is 11.9 Å². The van der Waals surface area contributed by atoms with Crippen LogP contribution in [0, 0.1) is 17.3 Å². The second-order valence-electron chi connectivity index (χ2n) is 7.49. The number of amides is 1. The lowest BCUT2D eigenvalue weighted by molar-refractivity contribution is -0.155. The molecule has 0 aromatic rings. The van der Waals surface area contributed by atoms with E-state index in [9.17, 15) is 14.7 Å². The Kier molecular flexibility index (Phi) is 4.40. The maximum absolute atomic E-state index is 12.8. The lowest BCUT2D eigenvalue weighted by atomic mass is 9.67. The van der Waals surface area contributed by atoms with Crippen molar-refractivity contribution in [2.45, 2.75) is 65.3 Å². The van der Waals surface area contributed by atoms with Crippen LogP contribution in [0.5, 0.6) is 0 Å². The number of nitrogens with zero attached hydrogens (tertiary/aromatic N) is 1. The third kappa shape index (κ3) is 3.33. The summed E-state index contributed by atoms with van der Waals surface area (Å²) in [6.45, 7) is 7.24. The van der Waals surface area contributed by atoms with Gasteiger partial charge in [0, 0.05) is 12.5 Å². The third-order valence-corrected chi connectivity index (χ3v) is 4.81. The molecule has 20 heavy (non-hydrogen) atoms. The molecule has 3 atom stereocenters. The molecular weight excluding hydrogens is 254 g/mol. The zero-order valence-corrected chi connectivity index (χ0v) is 12.9. The predicted octanol–water partition coefficient (Wildman–Crippen LogP) is 2.91. The molecule has 1 heterocycles. The number of piperidine rings is 1. The lowest BCUT2D eigenvalue weighted by Gasteiger charge is -2.42. The van der Waals surface area contributed by atoms with E-state index in [1.54, 1.807) is 4.90 Å². The number of carbonyl (C=O) groups excluding carboxylic acids is 1. The molecule has 0 bridgehead atoms. The molecule has 0 spiro atoms. The summed E-state index contributed by atoms with van der Waals surface area (Å²) in [5, 5.41) is 9.32. The van der Waals surface area contributed by atoms with Gasteiger partial charge in [0.05, 0.1) is 0 Å². The van der Waals surface area contributed by atoms with Crippen LogP contribution in [-0.2, 0) is 9.59 Å². The maximum atomic E-state index is 12.8. The third-order valence-electron chi connectivity index (χ3n) is 4.81. The molecule has 0 aromatic heterocycles. The molecule has 4 nitrogen and oxygen atoms in total. The minimum Gasteiger partial charge on any atom is -0.480 e. The van der Waals surface area contributed by atoms with Gasteiger partial charge >= 0.3 is 5.97 Å². The average molecular weight is 281 g/mol. The van der Waals surface area contributed by atoms with Gasteiger partial charge in [0.15, 0.2) is 0 Å². The topological polar surface area (TPSA) is 57.6 Å². The highest BCUT2D eigenvalue weighted by Crippen LogP contribution is 2.42. The van der Waals surface area contributed by atoms with Gasteiger partial charge in [-0.3, -0.25) is 4.79 Å². The summed E-state index contributed by atoms with van der Waals surface area (Å²) in [6.07, 6.45) is 5.39. The van der Waals surface area contributed by atoms with E-state index < -0.39 is 12.0 Å². The van der Waals surface area contributed by atoms with E-state index in [0.29, 0.717) is 18.9 Å². The Labute approximate surface area is 121 Å². The van der Waals surface area contributed by atoms with Crippen molar-refractivity contribution in [3.05, 3.63) is 0 Å². The highest BCUT2D eigenvalue weighted by atomic mass is 16.4. The second kappa shape index (κ2) is 5.74. The molecule has 4 heteroatoms. The number of hydrogen-bond donors (Lipinski definition) is 1. The summed E-state index contributed by atoms with van der Waals surface area (Å²) in [5.74, 6) is -0.215. The quantitative estimate of drug-likeness (QED) is 0.846. The van der Waals surface area contributed by atoms with Crippen LogP contribution in [0.25, 0.3) is 0 Å². The van der Waals surface area contributed by atoms with E-state index in [0.717, 1.165) is 32.1 Å². The highest BCUT2D eigenvalue weighted by Gasteiger charge is 2.40. The first kappa shape index (κ1) is 15.3. The summed E-state index contributed by atoms with van der Waals surface area (Å²) in [6, 6.07) is -0.600. The summed E-state index contributed by atoms with van der Waals surface area (Å²) in [5.41, 5.74) is 0.187. The molecule has 2 fully saturated rings. The minimum absolute atomic E-state index is 0.00806. The average Bonchev–Trinajstić information content (AvgIpc) is 2.35. The maximum Gasteiger partial charge on any atom is 0.326 e. The van der Waals surface area contributed by atoms with Crippen molar-refractivity contribution in [3.63, 3.8) is 0 Å². The van der Waals surface area contributed by atoms with Crippen molar-refractivity contribution in [2.24, 2.45) is 17.3 Å². The number of hydrogen-bond acceptors (Lipinski definition) is 2. The highest BCUT2D eigenvalue weighted by molar-refractivity contribution is 5.85. The Morgan fingerprint density at radius 1 is 1.20 bits per heavy atom. The summed E-state index contributed by atoms with van der Waals surface area (Å²) >= 11 is 0. The van der Waals surface area contributed by atoms with Crippen LogP contribution in [0.2, 0.25) is 0 Å². The Balaban J connectivity index is 2.10. The van der Waals surface area contributed by atoms with E-state index >= 15 is 0 Å². The Morgan fingerprint density at radius 3 is 2.50 bits per heavy atom. The van der Waals surface area contributed by atoms with E-state index in [4.69, 9.17) is 0 Å². The first-order valence-electron chi connectivity index (χ1n) is 7.83. The van der Waals surface area contributed by atoms with Gasteiger partial charge in [0.2, 0.25) is 5.91 Å². The van der Waals surface area contributed by atoms with Crippen LogP contribution >= 0.6 is 0 Å². The fraction of sp³-hybridized carbons (Fsp3) is 0.875. The minimum atomic E-state index is -0.846. The van der Waals surface area contributed by atoms with Gasteiger partial charge in [-0.05, 0) is 49.9 Å². The zero-order valence-electron chi connectivity index (χ0n) is 12.9. The smallest absolute Gasteiger partial charge is 0.326 e. The van der Waals surface area contributed by atoms with Crippen molar-refractivity contribution in [3.8, 4) is 0 Å². The molecule has 2 unspecified atom stereocenters. The molecular formula is C16H27NO3. The molecule has 0 aromatic carbocycles. The fourth-order valence-electron chi connectivity index (χ4n) is 4.22. The summed E-state index contributed by atoms with van der Waals surface area (Å²) in [4.78, 5) is 25.8. The van der Waals surface area contributed by atoms with Gasteiger partial charge in [-0.1, -0.05) is 20.8 Å². The normalized spacial score (nSPS) is 33.8. The van der Waals surface area contributed by atoms with E-state index in [-0.39, 0.29) is 17.2 Å². The number of carboxylic acid groups (broad SMARTS) is 1. The lowest BCUT2D eigenvalue weighted by Crippen LogP contribution is -2.51. The van der Waals surface area contributed by atoms with Gasteiger partial charge in [0.25, 0.3) is 0 Å². The van der Waals surface area contributed by atoms with Gasteiger partial charge in [0.1, 0.15) is 6.04 Å². The van der Waals surface area contributed by atoms with Gasteiger partial charge in [-0.25, -0.2) is 4.79 Å². The number of carbonyl (C=O) groups is 2. The van der Waals surface area contributed by atoms with Crippen LogP contribution in [0.4, 0.5) is 0 Å². The molecule has 1 aliphatic carbocycles. The van der Waals surface area contributed by atoms with Crippen LogP contribution in [0.15, 0.2) is 0 Å². The molecule has 1 saturated carbocycles. The number of aliphatic carboxylic acids is 1. The van der Waals surface area contributed by atoms with Crippen LogP contribution in [-0.4, -0.2) is 34.5 Å². The standard InChI is InChI=1S/C16H27NO3/c1-11-8-12(10-16(2,3)9-11)14(18)17-7-5-4-6-13(17)15(19)20/h11-13H,4-10H2,1-3H3,(H,19,20)/t11?,12?,13-/m1/s1. The van der Waals surface area contributed by atoms with E-state index in [1.165, 1.54) is 0 Å². The number of rotatable bonds is 2.